The summed E-state index contributed by atoms with van der Waals surface area (Å²) in [4.78, 5) is 14.5. The molecule has 0 aromatic carbocycles. The predicted molar refractivity (Wildman–Crippen MR) is 54.6 cm³/mol. The van der Waals surface area contributed by atoms with Crippen molar-refractivity contribution >= 4 is 22.4 Å². The van der Waals surface area contributed by atoms with Gasteiger partial charge in [0, 0.05) is 6.20 Å². The lowest BCUT2D eigenvalue weighted by atomic mass is 9.75. The van der Waals surface area contributed by atoms with E-state index in [2.05, 4.69) is 20.9 Å². The fraction of sp³-hybridized carbons (Fsp3) is 0.400. The van der Waals surface area contributed by atoms with Crippen LogP contribution < -0.4 is 0 Å². The molecular formula is C10H10BrNO2. The number of nitrogens with zero attached hydrogens (tertiary/aromatic N) is 1. The fourth-order valence-electron chi connectivity index (χ4n) is 1.75. The molecule has 0 spiro atoms. The average molecular weight is 256 g/mol. The van der Waals surface area contributed by atoms with Gasteiger partial charge in [0.25, 0.3) is 6.47 Å². The van der Waals surface area contributed by atoms with Crippen LogP contribution in [0.5, 0.6) is 0 Å². The highest BCUT2D eigenvalue weighted by Crippen LogP contribution is 2.44. The molecule has 0 radical (unpaired) electrons. The van der Waals surface area contributed by atoms with E-state index in [0.29, 0.717) is 6.47 Å². The maximum atomic E-state index is 10.4. The zero-order chi connectivity index (χ0) is 10.0. The third-order valence-corrected chi connectivity index (χ3v) is 3.12. The van der Waals surface area contributed by atoms with Gasteiger partial charge < -0.3 is 4.74 Å². The number of aromatic nitrogens is 1. The second-order valence-electron chi connectivity index (χ2n) is 3.43. The first kappa shape index (κ1) is 9.65. The molecule has 14 heavy (non-hydrogen) atoms. The van der Waals surface area contributed by atoms with E-state index >= 15 is 0 Å². The van der Waals surface area contributed by atoms with Crippen molar-refractivity contribution in [3.05, 3.63) is 28.5 Å². The molecule has 0 amide bonds. The Hall–Kier alpha value is -0.900. The molecule has 1 heterocycles. The van der Waals surface area contributed by atoms with Gasteiger partial charge in [-0.1, -0.05) is 0 Å². The maximum Gasteiger partial charge on any atom is 0.293 e. The van der Waals surface area contributed by atoms with Gasteiger partial charge in [-0.15, -0.1) is 0 Å². The molecule has 2 rings (SSSR count). The Labute approximate surface area is 90.6 Å². The smallest absolute Gasteiger partial charge is 0.293 e. The summed E-state index contributed by atoms with van der Waals surface area (Å²) in [6.45, 7) is 0.535. The highest BCUT2D eigenvalue weighted by molar-refractivity contribution is 9.10. The van der Waals surface area contributed by atoms with Crippen molar-refractivity contribution < 1.29 is 9.53 Å². The third kappa shape index (κ3) is 1.54. The van der Waals surface area contributed by atoms with E-state index in [0.717, 1.165) is 29.4 Å². The Morgan fingerprint density at radius 1 is 1.57 bits per heavy atom. The van der Waals surface area contributed by atoms with Crippen molar-refractivity contribution in [1.82, 2.24) is 4.98 Å². The van der Waals surface area contributed by atoms with Gasteiger partial charge in [0.1, 0.15) is 10.2 Å². The van der Waals surface area contributed by atoms with Gasteiger partial charge in [-0.25, -0.2) is 4.98 Å². The summed E-state index contributed by atoms with van der Waals surface area (Å²) in [6, 6.07) is 3.80. The number of ether oxygens (including phenoxy) is 1. The summed E-state index contributed by atoms with van der Waals surface area (Å²) in [5, 5.41) is 0. The van der Waals surface area contributed by atoms with Crippen LogP contribution in [-0.2, 0) is 15.1 Å². The van der Waals surface area contributed by atoms with Crippen LogP contribution >= 0.6 is 15.9 Å². The van der Waals surface area contributed by atoms with Gasteiger partial charge in [-0.05, 0) is 52.9 Å². The molecule has 1 saturated carbocycles. The number of hydrogen-bond acceptors (Lipinski definition) is 3. The number of carbonyl (C=O) groups excluding carboxylic acids is 1. The first-order chi connectivity index (χ1) is 6.77. The molecule has 74 valence electrons. The van der Waals surface area contributed by atoms with Crippen molar-refractivity contribution in [2.24, 2.45) is 0 Å². The zero-order valence-electron chi connectivity index (χ0n) is 7.57. The second kappa shape index (κ2) is 3.69. The lowest BCUT2D eigenvalue weighted by Gasteiger charge is -2.40. The van der Waals surface area contributed by atoms with Gasteiger partial charge in [-0.3, -0.25) is 4.79 Å². The van der Waals surface area contributed by atoms with E-state index < -0.39 is 0 Å². The molecule has 0 saturated heterocycles. The summed E-state index contributed by atoms with van der Waals surface area (Å²) in [5.74, 6) is 0. The minimum atomic E-state index is -0.382. The minimum absolute atomic E-state index is 0.382. The molecule has 0 aliphatic heterocycles. The number of rotatable bonds is 3. The summed E-state index contributed by atoms with van der Waals surface area (Å²) < 4.78 is 5.95. The van der Waals surface area contributed by atoms with Crippen LogP contribution in [-0.4, -0.2) is 11.5 Å². The van der Waals surface area contributed by atoms with Gasteiger partial charge in [0.05, 0.1) is 0 Å². The molecule has 1 aliphatic carbocycles. The van der Waals surface area contributed by atoms with Crippen molar-refractivity contribution in [2.45, 2.75) is 24.9 Å². The first-order valence-corrected chi connectivity index (χ1v) is 5.30. The van der Waals surface area contributed by atoms with Crippen molar-refractivity contribution in [2.75, 3.05) is 0 Å². The molecule has 1 fully saturated rings. The predicted octanol–water partition coefficient (Wildman–Crippen LogP) is 2.40. The molecule has 3 nitrogen and oxygen atoms in total. The summed E-state index contributed by atoms with van der Waals surface area (Å²) in [7, 11) is 0. The molecule has 1 aromatic rings. The number of carbonyl (C=O) groups is 1. The van der Waals surface area contributed by atoms with Crippen molar-refractivity contribution in [1.29, 1.82) is 0 Å². The lowest BCUT2D eigenvalue weighted by molar-refractivity contribution is -0.155. The van der Waals surface area contributed by atoms with E-state index in [-0.39, 0.29) is 5.60 Å². The van der Waals surface area contributed by atoms with E-state index in [4.69, 9.17) is 4.74 Å². The van der Waals surface area contributed by atoms with E-state index in [1.54, 1.807) is 6.20 Å². The molecule has 1 aromatic heterocycles. The van der Waals surface area contributed by atoms with Crippen LogP contribution in [0.1, 0.15) is 24.8 Å². The number of hydrogen-bond donors (Lipinski definition) is 0. The quantitative estimate of drug-likeness (QED) is 0.615. The normalized spacial score (nSPS) is 18.4. The standard InChI is InChI=1S/C10H10BrNO2/c11-9-6-8(2-5-12-9)10(14-7-13)3-1-4-10/h2,5-7H,1,3-4H2. The Kier molecular flexibility index (Phi) is 2.54. The molecule has 0 unspecified atom stereocenters. The van der Waals surface area contributed by atoms with Crippen LogP contribution in [0.4, 0.5) is 0 Å². The van der Waals surface area contributed by atoms with E-state index in [9.17, 15) is 4.79 Å². The highest BCUT2D eigenvalue weighted by atomic mass is 79.9. The molecule has 1 aliphatic rings. The fourth-order valence-corrected chi connectivity index (χ4v) is 2.12. The maximum absolute atomic E-state index is 10.4. The number of pyridine rings is 1. The second-order valence-corrected chi connectivity index (χ2v) is 4.24. The average Bonchev–Trinajstić information content (AvgIpc) is 2.11. The SMILES string of the molecule is O=COC1(c2ccnc(Br)c2)CCC1. The lowest BCUT2D eigenvalue weighted by Crippen LogP contribution is -2.36. The summed E-state index contributed by atoms with van der Waals surface area (Å²) in [5.41, 5.74) is 0.644. The van der Waals surface area contributed by atoms with Gasteiger partial charge >= 0.3 is 0 Å². The van der Waals surface area contributed by atoms with Crippen LogP contribution in [0.15, 0.2) is 22.9 Å². The highest BCUT2D eigenvalue weighted by Gasteiger charge is 2.40. The van der Waals surface area contributed by atoms with E-state index in [1.165, 1.54) is 0 Å². The van der Waals surface area contributed by atoms with Gasteiger partial charge in [0.15, 0.2) is 0 Å². The topological polar surface area (TPSA) is 39.2 Å². The monoisotopic (exact) mass is 255 g/mol. The summed E-state index contributed by atoms with van der Waals surface area (Å²) >= 11 is 3.30. The van der Waals surface area contributed by atoms with Crippen molar-refractivity contribution in [3.8, 4) is 0 Å². The Morgan fingerprint density at radius 2 is 2.36 bits per heavy atom. The Morgan fingerprint density at radius 3 is 2.86 bits per heavy atom. The molecule has 0 bridgehead atoms. The van der Waals surface area contributed by atoms with Crippen LogP contribution in [0.25, 0.3) is 0 Å². The Bertz CT molecular complexity index is 350. The molecule has 4 heteroatoms. The molecule has 0 N–H and O–H groups in total. The summed E-state index contributed by atoms with van der Waals surface area (Å²) in [6.07, 6.45) is 4.63. The molecular weight excluding hydrogens is 246 g/mol. The zero-order valence-corrected chi connectivity index (χ0v) is 9.16. The first-order valence-electron chi connectivity index (χ1n) is 4.50. The third-order valence-electron chi connectivity index (χ3n) is 2.69. The minimum Gasteiger partial charge on any atom is -0.456 e. The number of halogens is 1. The molecule has 0 atom stereocenters. The van der Waals surface area contributed by atoms with Crippen LogP contribution in [0, 0.1) is 0 Å². The van der Waals surface area contributed by atoms with Crippen LogP contribution in [0.3, 0.4) is 0 Å². The van der Waals surface area contributed by atoms with Crippen molar-refractivity contribution in [3.63, 3.8) is 0 Å². The van der Waals surface area contributed by atoms with Gasteiger partial charge in [-0.2, -0.15) is 0 Å². The van der Waals surface area contributed by atoms with Crippen LogP contribution in [0.2, 0.25) is 0 Å². The Balaban J connectivity index is 2.31. The largest absolute Gasteiger partial charge is 0.456 e. The van der Waals surface area contributed by atoms with E-state index in [1.807, 2.05) is 12.1 Å². The van der Waals surface area contributed by atoms with Gasteiger partial charge in [0.2, 0.25) is 0 Å².